The van der Waals surface area contributed by atoms with Crippen LogP contribution in [0.5, 0.6) is 0 Å². The number of hydrogen-bond acceptors (Lipinski definition) is 4. The Bertz CT molecular complexity index is 306. The molecule has 0 bridgehead atoms. The molecule has 0 fully saturated rings. The second-order valence-electron chi connectivity index (χ2n) is 2.89. The van der Waals surface area contributed by atoms with E-state index in [1.807, 2.05) is 0 Å². The molecular weight excluding hydrogens is 209 g/mol. The molecule has 0 aromatic heterocycles. The van der Waals surface area contributed by atoms with E-state index in [1.54, 1.807) is 30.3 Å². The normalized spacial score (nSPS) is 13.7. The summed E-state index contributed by atoms with van der Waals surface area (Å²) in [5.74, 6) is 0. The second kappa shape index (κ2) is 6.92. The van der Waals surface area contributed by atoms with Gasteiger partial charge in [0, 0.05) is 34.5 Å². The Morgan fingerprint density at radius 2 is 1.87 bits per heavy atom. The number of hydrogen-bond donors (Lipinski definition) is 2. The van der Waals surface area contributed by atoms with Crippen LogP contribution in [0.15, 0.2) is 30.3 Å². The predicted molar refractivity (Wildman–Crippen MR) is 55.0 cm³/mol. The Morgan fingerprint density at radius 3 is 2.27 bits per heavy atom. The van der Waals surface area contributed by atoms with E-state index in [2.05, 4.69) is 0 Å². The van der Waals surface area contributed by atoms with Crippen LogP contribution >= 0.6 is 0 Å². The summed E-state index contributed by atoms with van der Waals surface area (Å²) < 4.78 is 0. The van der Waals surface area contributed by atoms with Crippen LogP contribution in [0.1, 0.15) is 11.7 Å². The first kappa shape index (κ1) is 14.5. The first-order valence-electron chi connectivity index (χ1n) is 4.14. The van der Waals surface area contributed by atoms with E-state index in [1.165, 1.54) is 0 Å². The third kappa shape index (κ3) is 3.89. The Kier molecular flexibility index (Phi) is 6.71. The fourth-order valence-corrected chi connectivity index (χ4v) is 1.15. The molecule has 1 rings (SSSR count). The van der Waals surface area contributed by atoms with Crippen molar-refractivity contribution in [1.29, 1.82) is 0 Å². The molecule has 0 amide bonds. The smallest absolute Gasteiger partial charge is 0.265 e. The Balaban J connectivity index is 0.00000196. The standard InChI is InChI=1S/C9H11NO4.Na/c11-6-8(10(13)14)9(12)7-4-2-1-3-5-7;/h1-5,8-9,11-12H,6H2;. The molecule has 0 saturated heterocycles. The summed E-state index contributed by atoms with van der Waals surface area (Å²) in [7, 11) is 0. The van der Waals surface area contributed by atoms with Crippen molar-refractivity contribution < 1.29 is 15.1 Å². The van der Waals surface area contributed by atoms with Crippen molar-refractivity contribution in [3.63, 3.8) is 0 Å². The molecular formula is C9H11NNaO4. The molecule has 1 aromatic carbocycles. The summed E-state index contributed by atoms with van der Waals surface area (Å²) in [5.41, 5.74) is 0.434. The van der Waals surface area contributed by atoms with Crippen molar-refractivity contribution in [3.05, 3.63) is 46.0 Å². The number of nitrogens with zero attached hydrogens (tertiary/aromatic N) is 1. The molecule has 15 heavy (non-hydrogen) atoms. The van der Waals surface area contributed by atoms with Gasteiger partial charge in [0.25, 0.3) is 6.04 Å². The Labute approximate surface area is 109 Å². The molecule has 2 N–H and O–H groups in total. The summed E-state index contributed by atoms with van der Waals surface area (Å²) in [4.78, 5) is 9.75. The van der Waals surface area contributed by atoms with Gasteiger partial charge in [0.15, 0.2) is 0 Å². The maximum Gasteiger partial charge on any atom is 0.265 e. The predicted octanol–water partition coefficient (Wildman–Crippen LogP) is -0.0232. The maximum absolute atomic E-state index is 10.4. The third-order valence-electron chi connectivity index (χ3n) is 1.96. The molecule has 1 radical (unpaired) electrons. The minimum atomic E-state index is -1.36. The van der Waals surface area contributed by atoms with Crippen LogP contribution in [0.3, 0.4) is 0 Å². The van der Waals surface area contributed by atoms with Crippen molar-refractivity contribution in [1.82, 2.24) is 0 Å². The molecule has 0 aliphatic rings. The second-order valence-corrected chi connectivity index (χ2v) is 2.89. The van der Waals surface area contributed by atoms with Gasteiger partial charge in [0.05, 0.1) is 0 Å². The van der Waals surface area contributed by atoms with Crippen LogP contribution in [0.4, 0.5) is 0 Å². The van der Waals surface area contributed by atoms with Gasteiger partial charge in [-0.05, 0) is 5.56 Å². The zero-order chi connectivity index (χ0) is 10.6. The van der Waals surface area contributed by atoms with Crippen LogP contribution in [-0.4, -0.2) is 57.3 Å². The largest absolute Gasteiger partial charge is 0.389 e. The van der Waals surface area contributed by atoms with Crippen LogP contribution in [0.25, 0.3) is 0 Å². The van der Waals surface area contributed by atoms with Crippen molar-refractivity contribution in [2.24, 2.45) is 0 Å². The van der Waals surface area contributed by atoms with Gasteiger partial charge in [-0.3, -0.25) is 10.1 Å². The molecule has 0 aliphatic heterocycles. The van der Waals surface area contributed by atoms with Crippen molar-refractivity contribution >= 4 is 29.6 Å². The van der Waals surface area contributed by atoms with E-state index in [0.29, 0.717) is 5.56 Å². The van der Waals surface area contributed by atoms with Gasteiger partial charge in [-0.25, -0.2) is 0 Å². The van der Waals surface area contributed by atoms with E-state index >= 15 is 0 Å². The van der Waals surface area contributed by atoms with Crippen molar-refractivity contribution in [3.8, 4) is 0 Å². The minimum Gasteiger partial charge on any atom is -0.389 e. The van der Waals surface area contributed by atoms with E-state index < -0.39 is 23.7 Å². The van der Waals surface area contributed by atoms with Crippen LogP contribution in [0, 0.1) is 10.1 Å². The number of nitro groups is 1. The Hall–Kier alpha value is -0.460. The number of rotatable bonds is 4. The topological polar surface area (TPSA) is 83.6 Å². The van der Waals surface area contributed by atoms with E-state index in [0.717, 1.165) is 0 Å². The SMILES string of the molecule is O=[N+]([O-])C(CO)C(O)c1ccccc1.[Na]. The zero-order valence-corrected chi connectivity index (χ0v) is 10.4. The van der Waals surface area contributed by atoms with Gasteiger partial charge in [-0.1, -0.05) is 30.3 Å². The molecule has 5 nitrogen and oxygen atoms in total. The molecule has 0 spiro atoms. The third-order valence-corrected chi connectivity index (χ3v) is 1.96. The molecule has 2 atom stereocenters. The zero-order valence-electron chi connectivity index (χ0n) is 8.41. The Morgan fingerprint density at radius 1 is 1.33 bits per heavy atom. The van der Waals surface area contributed by atoms with Crippen LogP contribution in [-0.2, 0) is 0 Å². The molecule has 1 aromatic rings. The van der Waals surface area contributed by atoms with E-state index in [4.69, 9.17) is 5.11 Å². The monoisotopic (exact) mass is 220 g/mol. The average molecular weight is 220 g/mol. The summed E-state index contributed by atoms with van der Waals surface area (Å²) >= 11 is 0. The fourth-order valence-electron chi connectivity index (χ4n) is 1.15. The minimum absolute atomic E-state index is 0. The average Bonchev–Trinajstić information content (AvgIpc) is 2.19. The molecule has 77 valence electrons. The quantitative estimate of drug-likeness (QED) is 0.424. The van der Waals surface area contributed by atoms with Gasteiger partial charge >= 0.3 is 0 Å². The van der Waals surface area contributed by atoms with Gasteiger partial charge in [-0.15, -0.1) is 0 Å². The summed E-state index contributed by atoms with van der Waals surface area (Å²) in [6.07, 6.45) is -1.27. The molecule has 0 saturated carbocycles. The molecule has 0 heterocycles. The molecule has 2 unspecified atom stereocenters. The fraction of sp³-hybridized carbons (Fsp3) is 0.333. The first-order valence-corrected chi connectivity index (χ1v) is 4.14. The molecule has 6 heteroatoms. The maximum atomic E-state index is 10.4. The summed E-state index contributed by atoms with van der Waals surface area (Å²) in [5, 5.41) is 28.7. The summed E-state index contributed by atoms with van der Waals surface area (Å²) in [6, 6.07) is 6.89. The van der Waals surface area contributed by atoms with E-state index in [9.17, 15) is 15.2 Å². The van der Waals surface area contributed by atoms with Crippen molar-refractivity contribution in [2.75, 3.05) is 6.61 Å². The molecule has 0 aliphatic carbocycles. The van der Waals surface area contributed by atoms with Crippen LogP contribution in [0.2, 0.25) is 0 Å². The number of aliphatic hydroxyl groups excluding tert-OH is 2. The number of benzene rings is 1. The first-order chi connectivity index (χ1) is 6.66. The van der Waals surface area contributed by atoms with Gasteiger partial charge in [-0.2, -0.15) is 0 Å². The van der Waals surface area contributed by atoms with Crippen molar-refractivity contribution in [2.45, 2.75) is 12.1 Å². The van der Waals surface area contributed by atoms with Gasteiger partial charge in [0.2, 0.25) is 0 Å². The van der Waals surface area contributed by atoms with Gasteiger partial charge < -0.3 is 10.2 Å². The van der Waals surface area contributed by atoms with Gasteiger partial charge in [0.1, 0.15) is 12.7 Å². The van der Waals surface area contributed by atoms with E-state index in [-0.39, 0.29) is 29.6 Å². The summed E-state index contributed by atoms with van der Waals surface area (Å²) in [6.45, 7) is -0.678. The van der Waals surface area contributed by atoms with Crippen LogP contribution < -0.4 is 0 Å². The number of aliphatic hydroxyl groups is 2.